The molecule has 1 amide bonds. The van der Waals surface area contributed by atoms with E-state index >= 15 is 0 Å². The van der Waals surface area contributed by atoms with Crippen molar-refractivity contribution in [2.75, 3.05) is 26.0 Å². The quantitative estimate of drug-likeness (QED) is 0.515. The molecule has 0 bridgehead atoms. The Hall–Kier alpha value is -2.99. The molecule has 30 heavy (non-hydrogen) atoms. The first-order valence-corrected chi connectivity index (χ1v) is 10.4. The zero-order valence-electron chi connectivity index (χ0n) is 18.1. The number of ether oxygens (including phenoxy) is 1. The van der Waals surface area contributed by atoms with Crippen LogP contribution in [0.1, 0.15) is 54.1 Å². The summed E-state index contributed by atoms with van der Waals surface area (Å²) in [4.78, 5) is 31.8. The molecule has 1 unspecified atom stereocenters. The van der Waals surface area contributed by atoms with Gasteiger partial charge in [-0.15, -0.1) is 0 Å². The molecule has 1 aliphatic heterocycles. The fraction of sp³-hybridized carbons (Fsp3) is 0.375. The van der Waals surface area contributed by atoms with E-state index in [4.69, 9.17) is 9.73 Å². The SMILES string of the molecule is CCCC(=Nc1ccc(CN(C)C)cc1)C1C(=O)Nc2cc(C(=O)OCC)ccc21. The van der Waals surface area contributed by atoms with E-state index in [-0.39, 0.29) is 5.91 Å². The summed E-state index contributed by atoms with van der Waals surface area (Å²) in [5, 5.41) is 2.91. The van der Waals surface area contributed by atoms with Crippen molar-refractivity contribution < 1.29 is 14.3 Å². The van der Waals surface area contributed by atoms with Gasteiger partial charge in [-0.05, 0) is 62.8 Å². The lowest BCUT2D eigenvalue weighted by Gasteiger charge is -2.13. The standard InChI is InChI=1S/C24H29N3O3/c1-5-7-20(25-18-11-8-16(9-12-18)15-27(3)4)22-19-13-10-17(24(29)30-6-2)14-21(19)26-23(22)28/h8-14,22H,5-7,15H2,1-4H3,(H,26,28). The predicted molar refractivity (Wildman–Crippen MR) is 120 cm³/mol. The molecule has 0 saturated heterocycles. The molecular formula is C24H29N3O3. The molecule has 2 aromatic carbocycles. The Bertz CT molecular complexity index is 949. The van der Waals surface area contributed by atoms with Crippen LogP contribution in [0.15, 0.2) is 47.5 Å². The Morgan fingerprint density at radius 3 is 2.50 bits per heavy atom. The van der Waals surface area contributed by atoms with Crippen LogP contribution in [0, 0.1) is 0 Å². The molecule has 6 nitrogen and oxygen atoms in total. The van der Waals surface area contributed by atoms with Gasteiger partial charge >= 0.3 is 5.97 Å². The van der Waals surface area contributed by atoms with Crippen LogP contribution in [0.25, 0.3) is 0 Å². The molecule has 158 valence electrons. The zero-order chi connectivity index (χ0) is 21.7. The highest BCUT2D eigenvalue weighted by molar-refractivity contribution is 6.19. The maximum absolute atomic E-state index is 12.8. The van der Waals surface area contributed by atoms with Gasteiger partial charge < -0.3 is 15.0 Å². The monoisotopic (exact) mass is 407 g/mol. The van der Waals surface area contributed by atoms with Crippen LogP contribution in [-0.2, 0) is 16.1 Å². The van der Waals surface area contributed by atoms with Crippen LogP contribution in [-0.4, -0.2) is 43.2 Å². The normalized spacial score (nSPS) is 15.8. The van der Waals surface area contributed by atoms with Crippen molar-refractivity contribution in [2.45, 2.75) is 39.2 Å². The third-order valence-corrected chi connectivity index (χ3v) is 4.94. The van der Waals surface area contributed by atoms with Crippen molar-refractivity contribution in [3.05, 3.63) is 59.2 Å². The third-order valence-electron chi connectivity index (χ3n) is 4.94. The molecule has 1 heterocycles. The summed E-state index contributed by atoms with van der Waals surface area (Å²) >= 11 is 0. The summed E-state index contributed by atoms with van der Waals surface area (Å²) in [6.07, 6.45) is 1.61. The second-order valence-electron chi connectivity index (χ2n) is 7.70. The van der Waals surface area contributed by atoms with E-state index in [2.05, 4.69) is 29.3 Å². The van der Waals surface area contributed by atoms with E-state index in [1.54, 1.807) is 19.1 Å². The lowest BCUT2D eigenvalue weighted by atomic mass is 9.92. The average Bonchev–Trinajstić information content (AvgIpc) is 3.03. The molecular weight excluding hydrogens is 378 g/mol. The molecule has 0 fully saturated rings. The maximum Gasteiger partial charge on any atom is 0.338 e. The number of nitrogens with one attached hydrogen (secondary N) is 1. The van der Waals surface area contributed by atoms with Crippen molar-refractivity contribution in [2.24, 2.45) is 4.99 Å². The van der Waals surface area contributed by atoms with Gasteiger partial charge in [0.2, 0.25) is 5.91 Å². The summed E-state index contributed by atoms with van der Waals surface area (Å²) in [5.41, 5.74) is 4.82. The zero-order valence-corrected chi connectivity index (χ0v) is 18.1. The summed E-state index contributed by atoms with van der Waals surface area (Å²) in [6.45, 7) is 5.02. The summed E-state index contributed by atoms with van der Waals surface area (Å²) < 4.78 is 5.06. The molecule has 1 atom stereocenters. The van der Waals surface area contributed by atoms with E-state index in [0.29, 0.717) is 17.9 Å². The van der Waals surface area contributed by atoms with Gasteiger partial charge in [-0.2, -0.15) is 0 Å². The van der Waals surface area contributed by atoms with Gasteiger partial charge in [-0.25, -0.2) is 4.79 Å². The van der Waals surface area contributed by atoms with Crippen molar-refractivity contribution in [3.63, 3.8) is 0 Å². The second kappa shape index (κ2) is 9.67. The Balaban J connectivity index is 1.90. The topological polar surface area (TPSA) is 71.0 Å². The molecule has 6 heteroatoms. The fourth-order valence-corrected chi connectivity index (χ4v) is 3.66. The third kappa shape index (κ3) is 4.94. The second-order valence-corrected chi connectivity index (χ2v) is 7.70. The Morgan fingerprint density at radius 1 is 1.13 bits per heavy atom. The van der Waals surface area contributed by atoms with E-state index in [0.717, 1.165) is 36.3 Å². The number of hydrogen-bond acceptors (Lipinski definition) is 5. The van der Waals surface area contributed by atoms with Crippen molar-refractivity contribution in [1.29, 1.82) is 0 Å². The van der Waals surface area contributed by atoms with Gasteiger partial charge in [-0.3, -0.25) is 9.79 Å². The number of aliphatic imine (C=N–C) groups is 1. The van der Waals surface area contributed by atoms with Gasteiger partial charge in [0.1, 0.15) is 5.92 Å². The fourth-order valence-electron chi connectivity index (χ4n) is 3.66. The van der Waals surface area contributed by atoms with Gasteiger partial charge in [0.15, 0.2) is 0 Å². The number of hydrogen-bond donors (Lipinski definition) is 1. The lowest BCUT2D eigenvalue weighted by Crippen LogP contribution is -2.20. The largest absolute Gasteiger partial charge is 0.462 e. The van der Waals surface area contributed by atoms with Crippen molar-refractivity contribution in [3.8, 4) is 0 Å². The number of amides is 1. The molecule has 1 N–H and O–H groups in total. The van der Waals surface area contributed by atoms with Crippen LogP contribution in [0.4, 0.5) is 11.4 Å². The summed E-state index contributed by atoms with van der Waals surface area (Å²) in [5.74, 6) is -0.946. The van der Waals surface area contributed by atoms with Gasteiger partial charge in [-0.1, -0.05) is 31.5 Å². The summed E-state index contributed by atoms with van der Waals surface area (Å²) in [7, 11) is 4.07. The Labute approximate surface area is 178 Å². The van der Waals surface area contributed by atoms with Crippen LogP contribution >= 0.6 is 0 Å². The Morgan fingerprint density at radius 2 is 1.87 bits per heavy atom. The molecule has 1 aliphatic rings. The number of carbonyl (C=O) groups is 2. The first kappa shape index (κ1) is 21.7. The highest BCUT2D eigenvalue weighted by Crippen LogP contribution is 2.36. The number of carbonyl (C=O) groups excluding carboxylic acids is 2. The van der Waals surface area contributed by atoms with Crippen LogP contribution in [0.5, 0.6) is 0 Å². The van der Waals surface area contributed by atoms with Crippen LogP contribution in [0.2, 0.25) is 0 Å². The number of anilines is 1. The molecule has 0 aliphatic carbocycles. The van der Waals surface area contributed by atoms with Crippen LogP contribution < -0.4 is 5.32 Å². The molecule has 0 radical (unpaired) electrons. The first-order valence-electron chi connectivity index (χ1n) is 10.4. The highest BCUT2D eigenvalue weighted by Gasteiger charge is 2.34. The van der Waals surface area contributed by atoms with Gasteiger partial charge in [0.05, 0.1) is 17.9 Å². The number of esters is 1. The lowest BCUT2D eigenvalue weighted by molar-refractivity contribution is -0.115. The minimum atomic E-state index is -0.447. The first-order chi connectivity index (χ1) is 14.4. The minimum Gasteiger partial charge on any atom is -0.462 e. The average molecular weight is 408 g/mol. The van der Waals surface area contributed by atoms with E-state index in [1.807, 2.05) is 32.3 Å². The number of fused-ring (bicyclic) bond motifs is 1. The maximum atomic E-state index is 12.8. The molecule has 0 aromatic heterocycles. The smallest absolute Gasteiger partial charge is 0.338 e. The van der Waals surface area contributed by atoms with E-state index in [1.165, 1.54) is 5.56 Å². The number of nitrogens with zero attached hydrogens (tertiary/aromatic N) is 2. The Kier molecular flexibility index (Phi) is 7.00. The highest BCUT2D eigenvalue weighted by atomic mass is 16.5. The molecule has 3 rings (SSSR count). The van der Waals surface area contributed by atoms with Crippen molar-refractivity contribution in [1.82, 2.24) is 4.90 Å². The molecule has 0 spiro atoms. The molecule has 0 saturated carbocycles. The van der Waals surface area contributed by atoms with Crippen molar-refractivity contribution >= 4 is 29.0 Å². The molecule has 2 aromatic rings. The predicted octanol–water partition coefficient (Wildman–Crippen LogP) is 4.53. The van der Waals surface area contributed by atoms with Gasteiger partial charge in [0, 0.05) is 17.9 Å². The summed E-state index contributed by atoms with van der Waals surface area (Å²) in [6, 6.07) is 13.3. The van der Waals surface area contributed by atoms with Crippen LogP contribution in [0.3, 0.4) is 0 Å². The van der Waals surface area contributed by atoms with E-state index in [9.17, 15) is 9.59 Å². The van der Waals surface area contributed by atoms with Gasteiger partial charge in [0.25, 0.3) is 0 Å². The number of rotatable bonds is 8. The number of benzene rings is 2. The minimum absolute atomic E-state index is 0.109. The van der Waals surface area contributed by atoms with E-state index < -0.39 is 11.9 Å².